The predicted octanol–water partition coefficient (Wildman–Crippen LogP) is 1.65. The number of hydrogen-bond donors (Lipinski definition) is 0. The SMILES string of the molecule is CN(C)c1ccc(C(=O)N2CCC(CS(C)(=O)=O)CC2)cc1. The van der Waals surface area contributed by atoms with Crippen LogP contribution in [0.3, 0.4) is 0 Å². The molecule has 2 rings (SSSR count). The lowest BCUT2D eigenvalue weighted by atomic mass is 9.98. The monoisotopic (exact) mass is 324 g/mol. The Morgan fingerprint density at radius 1 is 1.18 bits per heavy atom. The molecular formula is C16H24N2O3S. The highest BCUT2D eigenvalue weighted by molar-refractivity contribution is 7.90. The molecule has 0 spiro atoms. The minimum absolute atomic E-state index is 0.0307. The van der Waals surface area contributed by atoms with Crippen molar-refractivity contribution in [1.82, 2.24) is 4.90 Å². The first-order valence-electron chi connectivity index (χ1n) is 7.50. The highest BCUT2D eigenvalue weighted by Gasteiger charge is 2.25. The molecule has 0 atom stereocenters. The largest absolute Gasteiger partial charge is 0.378 e. The minimum atomic E-state index is -2.93. The molecule has 0 unspecified atom stereocenters. The van der Waals surface area contributed by atoms with Gasteiger partial charge in [-0.15, -0.1) is 0 Å². The van der Waals surface area contributed by atoms with Gasteiger partial charge in [0.25, 0.3) is 5.91 Å². The third kappa shape index (κ3) is 4.47. The Kier molecular flexibility index (Phi) is 5.11. The van der Waals surface area contributed by atoms with E-state index < -0.39 is 9.84 Å². The van der Waals surface area contributed by atoms with E-state index in [-0.39, 0.29) is 17.6 Å². The number of rotatable bonds is 4. The van der Waals surface area contributed by atoms with E-state index in [1.54, 1.807) is 0 Å². The Morgan fingerprint density at radius 2 is 1.73 bits per heavy atom. The van der Waals surface area contributed by atoms with Crippen LogP contribution in [0.2, 0.25) is 0 Å². The van der Waals surface area contributed by atoms with Gasteiger partial charge in [-0.25, -0.2) is 8.42 Å². The zero-order chi connectivity index (χ0) is 16.3. The average Bonchev–Trinajstić information content (AvgIpc) is 2.46. The smallest absolute Gasteiger partial charge is 0.253 e. The maximum atomic E-state index is 12.5. The molecular weight excluding hydrogens is 300 g/mol. The maximum Gasteiger partial charge on any atom is 0.253 e. The number of benzene rings is 1. The number of carbonyl (C=O) groups excluding carboxylic acids is 1. The number of likely N-dealkylation sites (tertiary alicyclic amines) is 1. The van der Waals surface area contributed by atoms with Crippen molar-refractivity contribution in [3.8, 4) is 0 Å². The van der Waals surface area contributed by atoms with Crippen LogP contribution in [0, 0.1) is 5.92 Å². The van der Waals surface area contributed by atoms with Gasteiger partial charge in [0, 0.05) is 44.7 Å². The van der Waals surface area contributed by atoms with Crippen molar-refractivity contribution >= 4 is 21.4 Å². The molecule has 1 fully saturated rings. The Balaban J connectivity index is 1.95. The van der Waals surface area contributed by atoms with Crippen LogP contribution in [0.15, 0.2) is 24.3 Å². The molecule has 5 nitrogen and oxygen atoms in total. The molecule has 0 aliphatic carbocycles. The van der Waals surface area contributed by atoms with Crippen LogP contribution >= 0.6 is 0 Å². The number of piperidine rings is 1. The van der Waals surface area contributed by atoms with Gasteiger partial charge in [0.1, 0.15) is 9.84 Å². The van der Waals surface area contributed by atoms with Gasteiger partial charge in [-0.2, -0.15) is 0 Å². The third-order valence-corrected chi connectivity index (χ3v) is 5.15. The lowest BCUT2D eigenvalue weighted by Gasteiger charge is -2.31. The van der Waals surface area contributed by atoms with Crippen molar-refractivity contribution < 1.29 is 13.2 Å². The summed E-state index contributed by atoms with van der Waals surface area (Å²) in [4.78, 5) is 16.3. The van der Waals surface area contributed by atoms with E-state index in [1.807, 2.05) is 48.2 Å². The van der Waals surface area contributed by atoms with Crippen LogP contribution in [0.25, 0.3) is 0 Å². The molecule has 1 aliphatic heterocycles. The van der Waals surface area contributed by atoms with Crippen LogP contribution in [0.1, 0.15) is 23.2 Å². The molecule has 22 heavy (non-hydrogen) atoms. The summed E-state index contributed by atoms with van der Waals surface area (Å²) in [5.74, 6) is 0.435. The summed E-state index contributed by atoms with van der Waals surface area (Å²) in [5.41, 5.74) is 1.75. The van der Waals surface area contributed by atoms with E-state index >= 15 is 0 Å². The van der Waals surface area contributed by atoms with E-state index in [0.717, 1.165) is 18.5 Å². The van der Waals surface area contributed by atoms with Crippen LogP contribution in [-0.2, 0) is 9.84 Å². The highest BCUT2D eigenvalue weighted by atomic mass is 32.2. The second-order valence-corrected chi connectivity index (χ2v) is 8.45. The number of amides is 1. The lowest BCUT2D eigenvalue weighted by molar-refractivity contribution is 0.0698. The molecule has 0 saturated carbocycles. The van der Waals surface area contributed by atoms with Crippen molar-refractivity contribution in [3.63, 3.8) is 0 Å². The topological polar surface area (TPSA) is 57.7 Å². The summed E-state index contributed by atoms with van der Waals surface area (Å²) in [6, 6.07) is 7.56. The number of anilines is 1. The van der Waals surface area contributed by atoms with Gasteiger partial charge in [0.15, 0.2) is 0 Å². The summed E-state index contributed by atoms with van der Waals surface area (Å²) in [6.07, 6.45) is 2.79. The van der Waals surface area contributed by atoms with Gasteiger partial charge in [-0.3, -0.25) is 4.79 Å². The minimum Gasteiger partial charge on any atom is -0.378 e. The van der Waals surface area contributed by atoms with E-state index in [9.17, 15) is 13.2 Å². The maximum absolute atomic E-state index is 12.5. The molecule has 1 aromatic rings. The first kappa shape index (κ1) is 16.8. The summed E-state index contributed by atoms with van der Waals surface area (Å²) >= 11 is 0. The van der Waals surface area contributed by atoms with Crippen LogP contribution in [0.5, 0.6) is 0 Å². The van der Waals surface area contributed by atoms with Crippen molar-refractivity contribution in [2.24, 2.45) is 5.92 Å². The molecule has 1 amide bonds. The van der Waals surface area contributed by atoms with Crippen molar-refractivity contribution in [2.45, 2.75) is 12.8 Å². The van der Waals surface area contributed by atoms with E-state index in [1.165, 1.54) is 6.26 Å². The normalized spacial score (nSPS) is 16.6. The van der Waals surface area contributed by atoms with Gasteiger partial charge in [-0.05, 0) is 43.0 Å². The summed E-state index contributed by atoms with van der Waals surface area (Å²) in [5, 5.41) is 0. The highest BCUT2D eigenvalue weighted by Crippen LogP contribution is 2.21. The quantitative estimate of drug-likeness (QED) is 0.845. The second-order valence-electron chi connectivity index (χ2n) is 6.27. The van der Waals surface area contributed by atoms with Crippen molar-refractivity contribution in [3.05, 3.63) is 29.8 Å². The van der Waals surface area contributed by atoms with Crippen LogP contribution in [0.4, 0.5) is 5.69 Å². The zero-order valence-corrected chi connectivity index (χ0v) is 14.3. The zero-order valence-electron chi connectivity index (χ0n) is 13.4. The molecule has 1 aliphatic rings. The first-order valence-corrected chi connectivity index (χ1v) is 9.57. The van der Waals surface area contributed by atoms with E-state index in [0.29, 0.717) is 18.7 Å². The van der Waals surface area contributed by atoms with Gasteiger partial charge in [0.2, 0.25) is 0 Å². The molecule has 6 heteroatoms. The Hall–Kier alpha value is -1.56. The fraction of sp³-hybridized carbons (Fsp3) is 0.562. The number of hydrogen-bond acceptors (Lipinski definition) is 4. The summed E-state index contributed by atoms with van der Waals surface area (Å²) in [7, 11) is 0.989. The lowest BCUT2D eigenvalue weighted by Crippen LogP contribution is -2.39. The molecule has 1 heterocycles. The predicted molar refractivity (Wildman–Crippen MR) is 89.1 cm³/mol. The standard InChI is InChI=1S/C16H24N2O3S/c1-17(2)15-6-4-14(5-7-15)16(19)18-10-8-13(9-11-18)12-22(3,20)21/h4-7,13H,8-12H2,1-3H3. The van der Waals surface area contributed by atoms with Gasteiger partial charge in [0.05, 0.1) is 5.75 Å². The van der Waals surface area contributed by atoms with Gasteiger partial charge in [-0.1, -0.05) is 0 Å². The molecule has 0 N–H and O–H groups in total. The van der Waals surface area contributed by atoms with Crippen molar-refractivity contribution in [1.29, 1.82) is 0 Å². The Morgan fingerprint density at radius 3 is 2.18 bits per heavy atom. The number of sulfone groups is 1. The summed E-state index contributed by atoms with van der Waals surface area (Å²) < 4.78 is 22.7. The molecule has 0 bridgehead atoms. The fourth-order valence-corrected chi connectivity index (χ4v) is 4.01. The van der Waals surface area contributed by atoms with Crippen LogP contribution < -0.4 is 4.90 Å². The Bertz CT molecular complexity index is 615. The fourth-order valence-electron chi connectivity index (χ4n) is 2.82. The first-order chi connectivity index (χ1) is 10.3. The summed E-state index contributed by atoms with van der Waals surface area (Å²) in [6.45, 7) is 1.27. The van der Waals surface area contributed by atoms with E-state index in [2.05, 4.69) is 0 Å². The molecule has 1 aromatic carbocycles. The Labute approximate surface area is 132 Å². The van der Waals surface area contributed by atoms with Crippen molar-refractivity contribution in [2.75, 3.05) is 44.1 Å². The molecule has 0 radical (unpaired) electrons. The average molecular weight is 324 g/mol. The molecule has 1 saturated heterocycles. The second kappa shape index (κ2) is 6.69. The number of nitrogens with zero attached hydrogens (tertiary/aromatic N) is 2. The molecule has 122 valence electrons. The molecule has 0 aromatic heterocycles. The van der Waals surface area contributed by atoms with E-state index in [4.69, 9.17) is 0 Å². The van der Waals surface area contributed by atoms with Gasteiger partial charge >= 0.3 is 0 Å². The van der Waals surface area contributed by atoms with Gasteiger partial charge < -0.3 is 9.80 Å². The van der Waals surface area contributed by atoms with Crippen LogP contribution in [-0.4, -0.2) is 58.4 Å². The number of carbonyl (C=O) groups is 1. The third-order valence-electron chi connectivity index (χ3n) is 4.07.